The van der Waals surface area contributed by atoms with Crippen LogP contribution in [0.3, 0.4) is 0 Å². The number of rotatable bonds is 1. The topological polar surface area (TPSA) is 64.7 Å². The Labute approximate surface area is 85.8 Å². The van der Waals surface area contributed by atoms with E-state index in [1.165, 1.54) is 12.7 Å². The first-order valence-corrected chi connectivity index (χ1v) is 4.32. The lowest BCUT2D eigenvalue weighted by molar-refractivity contribution is 1.06. The van der Waals surface area contributed by atoms with Crippen molar-refractivity contribution in [3.63, 3.8) is 0 Å². The first kappa shape index (κ1) is 8.90. The maximum Gasteiger partial charge on any atom is 0.164 e. The van der Waals surface area contributed by atoms with Gasteiger partial charge >= 0.3 is 0 Å². The third-order valence-corrected chi connectivity index (χ3v) is 2.05. The minimum atomic E-state index is 0.525. The van der Waals surface area contributed by atoms with E-state index in [1.807, 2.05) is 0 Å². The number of anilines is 1. The lowest BCUT2D eigenvalue weighted by Crippen LogP contribution is -1.92. The number of nitrogens with two attached hydrogens (primary N) is 1. The number of hydrogen-bond donors (Lipinski definition) is 1. The molecule has 1 heterocycles. The maximum atomic E-state index is 5.97. The van der Waals surface area contributed by atoms with Gasteiger partial charge in [0.15, 0.2) is 5.82 Å². The molecule has 0 radical (unpaired) electrons. The number of hydrogen-bond acceptors (Lipinski definition) is 4. The molecule has 1 aromatic carbocycles. The summed E-state index contributed by atoms with van der Waals surface area (Å²) in [4.78, 5) is 11.7. The van der Waals surface area contributed by atoms with Gasteiger partial charge in [-0.3, -0.25) is 0 Å². The zero-order valence-corrected chi connectivity index (χ0v) is 7.94. The van der Waals surface area contributed by atoms with Crippen LogP contribution in [-0.4, -0.2) is 15.0 Å². The van der Waals surface area contributed by atoms with Gasteiger partial charge in [-0.1, -0.05) is 11.6 Å². The fourth-order valence-electron chi connectivity index (χ4n) is 1.09. The Hall–Kier alpha value is -1.68. The van der Waals surface area contributed by atoms with E-state index in [0.29, 0.717) is 22.1 Å². The molecule has 70 valence electrons. The van der Waals surface area contributed by atoms with Crippen LogP contribution >= 0.6 is 11.6 Å². The van der Waals surface area contributed by atoms with Crippen molar-refractivity contribution in [3.8, 4) is 11.4 Å². The van der Waals surface area contributed by atoms with Crippen molar-refractivity contribution < 1.29 is 0 Å². The minimum absolute atomic E-state index is 0.525. The quantitative estimate of drug-likeness (QED) is 0.723. The summed E-state index contributed by atoms with van der Waals surface area (Å²) in [7, 11) is 0. The summed E-state index contributed by atoms with van der Waals surface area (Å²) in [6.07, 6.45) is 2.84. The smallest absolute Gasteiger partial charge is 0.164 e. The molecule has 0 saturated carbocycles. The highest BCUT2D eigenvalue weighted by Crippen LogP contribution is 2.26. The fourth-order valence-corrected chi connectivity index (χ4v) is 1.29. The Bertz CT molecular complexity index is 444. The number of benzene rings is 1. The normalized spacial score (nSPS) is 10.1. The van der Waals surface area contributed by atoms with Crippen molar-refractivity contribution in [2.75, 3.05) is 5.73 Å². The molecule has 2 N–H and O–H groups in total. The zero-order valence-electron chi connectivity index (χ0n) is 7.18. The Balaban J connectivity index is 2.57. The highest BCUT2D eigenvalue weighted by molar-refractivity contribution is 6.33. The van der Waals surface area contributed by atoms with Crippen LogP contribution in [0.4, 0.5) is 5.69 Å². The van der Waals surface area contributed by atoms with Crippen molar-refractivity contribution in [2.24, 2.45) is 0 Å². The molecule has 1 aromatic heterocycles. The minimum Gasteiger partial charge on any atom is -0.399 e. The molecule has 14 heavy (non-hydrogen) atoms. The summed E-state index contributed by atoms with van der Waals surface area (Å²) in [5.41, 5.74) is 6.98. The molecule has 0 amide bonds. The summed E-state index contributed by atoms with van der Waals surface area (Å²) in [6.45, 7) is 0. The number of nitrogens with zero attached hydrogens (tertiary/aromatic N) is 3. The van der Waals surface area contributed by atoms with Crippen LogP contribution in [0.2, 0.25) is 5.02 Å². The molecule has 0 saturated heterocycles. The van der Waals surface area contributed by atoms with Crippen LogP contribution in [0.15, 0.2) is 30.9 Å². The second-order valence-corrected chi connectivity index (χ2v) is 3.11. The van der Waals surface area contributed by atoms with E-state index in [-0.39, 0.29) is 0 Å². The fraction of sp³-hybridized carbons (Fsp3) is 0. The van der Waals surface area contributed by atoms with Crippen LogP contribution in [-0.2, 0) is 0 Å². The molecule has 2 aromatic rings. The molecular formula is C9H7ClN4. The lowest BCUT2D eigenvalue weighted by Gasteiger charge is -2.02. The summed E-state index contributed by atoms with van der Waals surface area (Å²) in [5.74, 6) is 0.525. The molecule has 0 spiro atoms. The largest absolute Gasteiger partial charge is 0.399 e. The molecule has 0 bridgehead atoms. The second kappa shape index (κ2) is 3.59. The monoisotopic (exact) mass is 206 g/mol. The predicted molar refractivity (Wildman–Crippen MR) is 54.7 cm³/mol. The van der Waals surface area contributed by atoms with Crippen LogP contribution in [0.5, 0.6) is 0 Å². The third-order valence-electron chi connectivity index (χ3n) is 1.72. The second-order valence-electron chi connectivity index (χ2n) is 2.70. The van der Waals surface area contributed by atoms with Crippen molar-refractivity contribution in [3.05, 3.63) is 35.9 Å². The summed E-state index contributed by atoms with van der Waals surface area (Å²) < 4.78 is 0. The highest BCUT2D eigenvalue weighted by Gasteiger charge is 2.05. The van der Waals surface area contributed by atoms with Crippen LogP contribution in [0, 0.1) is 0 Å². The van der Waals surface area contributed by atoms with E-state index in [9.17, 15) is 0 Å². The SMILES string of the molecule is Nc1ccc(Cl)c(-c2ncncn2)c1. The lowest BCUT2D eigenvalue weighted by atomic mass is 10.2. The van der Waals surface area contributed by atoms with Gasteiger partial charge < -0.3 is 5.73 Å². The highest BCUT2D eigenvalue weighted by atomic mass is 35.5. The molecule has 5 heteroatoms. The number of aromatic nitrogens is 3. The van der Waals surface area contributed by atoms with Crippen LogP contribution in [0.25, 0.3) is 11.4 Å². The number of halogens is 1. The molecule has 0 unspecified atom stereocenters. The van der Waals surface area contributed by atoms with E-state index in [1.54, 1.807) is 18.2 Å². The van der Waals surface area contributed by atoms with E-state index < -0.39 is 0 Å². The molecular weight excluding hydrogens is 200 g/mol. The van der Waals surface area contributed by atoms with Crippen molar-refractivity contribution in [1.82, 2.24) is 15.0 Å². The summed E-state index contributed by atoms with van der Waals surface area (Å²) in [6, 6.07) is 5.18. The van der Waals surface area contributed by atoms with E-state index in [0.717, 1.165) is 0 Å². The van der Waals surface area contributed by atoms with Gasteiger partial charge in [-0.25, -0.2) is 15.0 Å². The van der Waals surface area contributed by atoms with Gasteiger partial charge in [0.2, 0.25) is 0 Å². The van der Waals surface area contributed by atoms with E-state index >= 15 is 0 Å². The first-order valence-electron chi connectivity index (χ1n) is 3.95. The molecule has 0 aliphatic rings. The third kappa shape index (κ3) is 1.65. The summed E-state index contributed by atoms with van der Waals surface area (Å²) >= 11 is 5.97. The van der Waals surface area contributed by atoms with Crippen LogP contribution < -0.4 is 5.73 Å². The van der Waals surface area contributed by atoms with Crippen LogP contribution in [0.1, 0.15) is 0 Å². The summed E-state index contributed by atoms with van der Waals surface area (Å²) in [5, 5.41) is 0.574. The molecule has 0 atom stereocenters. The van der Waals surface area contributed by atoms with E-state index in [4.69, 9.17) is 17.3 Å². The van der Waals surface area contributed by atoms with Gasteiger partial charge in [0.05, 0.1) is 5.02 Å². The molecule has 2 rings (SSSR count). The van der Waals surface area contributed by atoms with Gasteiger partial charge in [-0.15, -0.1) is 0 Å². The van der Waals surface area contributed by atoms with Gasteiger partial charge in [-0.2, -0.15) is 0 Å². The predicted octanol–water partition coefficient (Wildman–Crippen LogP) is 1.77. The van der Waals surface area contributed by atoms with Gasteiger partial charge in [0.25, 0.3) is 0 Å². The molecule has 0 aliphatic carbocycles. The molecule has 0 fully saturated rings. The molecule has 0 aliphatic heterocycles. The standard InChI is InChI=1S/C9H7ClN4/c10-8-2-1-6(11)3-7(8)9-13-4-12-5-14-9/h1-5H,11H2. The Kier molecular flexibility index (Phi) is 2.28. The zero-order chi connectivity index (χ0) is 9.97. The van der Waals surface area contributed by atoms with Gasteiger partial charge in [-0.05, 0) is 18.2 Å². The maximum absolute atomic E-state index is 5.97. The molecule has 4 nitrogen and oxygen atoms in total. The Morgan fingerprint density at radius 3 is 2.57 bits per heavy atom. The van der Waals surface area contributed by atoms with E-state index in [2.05, 4.69) is 15.0 Å². The van der Waals surface area contributed by atoms with Crippen molar-refractivity contribution in [2.45, 2.75) is 0 Å². The average molecular weight is 207 g/mol. The van der Waals surface area contributed by atoms with Crippen molar-refractivity contribution >= 4 is 17.3 Å². The Morgan fingerprint density at radius 2 is 1.86 bits per heavy atom. The van der Waals surface area contributed by atoms with Gasteiger partial charge in [0, 0.05) is 11.3 Å². The average Bonchev–Trinajstić information content (AvgIpc) is 2.23. The Morgan fingerprint density at radius 1 is 1.14 bits per heavy atom. The first-order chi connectivity index (χ1) is 6.77. The number of nitrogen functional groups attached to an aromatic ring is 1. The van der Waals surface area contributed by atoms with Crippen molar-refractivity contribution in [1.29, 1.82) is 0 Å². The van der Waals surface area contributed by atoms with Gasteiger partial charge in [0.1, 0.15) is 12.7 Å².